The average Bonchev–Trinajstić information content (AvgIpc) is 2.86. The SMILES string of the molecule is CCC[C@]1(C)CC[C@H](F)[C@H](N(C)c2cnc(-c3ccc(-c4cc(OC)ncc4F)cc3O)nn2)C1. The van der Waals surface area contributed by atoms with Crippen molar-refractivity contribution in [2.24, 2.45) is 5.41 Å². The highest BCUT2D eigenvalue weighted by Gasteiger charge is 2.39. The number of phenols is 1. The molecule has 0 saturated heterocycles. The molecule has 3 atom stereocenters. The van der Waals surface area contributed by atoms with Crippen LogP contribution in [0.15, 0.2) is 36.7 Å². The van der Waals surface area contributed by atoms with Gasteiger partial charge in [0.1, 0.15) is 17.7 Å². The fraction of sp³-hybridized carbons (Fsp3) is 0.462. The Morgan fingerprint density at radius 1 is 1.17 bits per heavy atom. The molecule has 0 bridgehead atoms. The number of hydrogen-bond acceptors (Lipinski definition) is 7. The molecule has 0 spiro atoms. The van der Waals surface area contributed by atoms with E-state index in [9.17, 15) is 13.9 Å². The van der Waals surface area contributed by atoms with E-state index in [0.717, 1.165) is 31.9 Å². The van der Waals surface area contributed by atoms with Gasteiger partial charge >= 0.3 is 0 Å². The van der Waals surface area contributed by atoms with Crippen molar-refractivity contribution in [1.29, 1.82) is 0 Å². The van der Waals surface area contributed by atoms with Crippen LogP contribution in [-0.4, -0.2) is 51.6 Å². The number of nitrogens with zero attached hydrogens (tertiary/aromatic N) is 5. The molecular weight excluding hydrogens is 452 g/mol. The predicted molar refractivity (Wildman–Crippen MR) is 131 cm³/mol. The molecule has 9 heteroatoms. The Morgan fingerprint density at radius 3 is 2.63 bits per heavy atom. The number of rotatable bonds is 7. The zero-order valence-electron chi connectivity index (χ0n) is 20.5. The van der Waals surface area contributed by atoms with Crippen molar-refractivity contribution in [3.05, 3.63) is 42.5 Å². The monoisotopic (exact) mass is 483 g/mol. The third-order valence-corrected chi connectivity index (χ3v) is 6.99. The van der Waals surface area contributed by atoms with Gasteiger partial charge in [-0.1, -0.05) is 26.3 Å². The van der Waals surface area contributed by atoms with Gasteiger partial charge < -0.3 is 14.7 Å². The molecule has 1 aliphatic carbocycles. The molecule has 1 N–H and O–H groups in total. The Labute approximate surface area is 204 Å². The number of phenolic OH excluding ortho intramolecular Hbond substituents is 1. The summed E-state index contributed by atoms with van der Waals surface area (Å²) in [7, 11) is 3.27. The molecule has 2 heterocycles. The summed E-state index contributed by atoms with van der Waals surface area (Å²) in [4.78, 5) is 10.0. The van der Waals surface area contributed by atoms with Gasteiger partial charge in [0.15, 0.2) is 11.6 Å². The van der Waals surface area contributed by atoms with Crippen LogP contribution in [0.2, 0.25) is 0 Å². The molecule has 7 nitrogen and oxygen atoms in total. The number of ether oxygens (including phenoxy) is 1. The third kappa shape index (κ3) is 5.18. The van der Waals surface area contributed by atoms with Gasteiger partial charge in [-0.2, -0.15) is 0 Å². The highest BCUT2D eigenvalue weighted by Crippen LogP contribution is 2.43. The van der Waals surface area contributed by atoms with Crippen LogP contribution in [-0.2, 0) is 0 Å². The highest BCUT2D eigenvalue weighted by atomic mass is 19.1. The van der Waals surface area contributed by atoms with Crippen LogP contribution >= 0.6 is 0 Å². The van der Waals surface area contributed by atoms with Crippen LogP contribution in [0.3, 0.4) is 0 Å². The topological polar surface area (TPSA) is 84.3 Å². The van der Waals surface area contributed by atoms with Crippen molar-refractivity contribution in [2.75, 3.05) is 19.1 Å². The quantitative estimate of drug-likeness (QED) is 0.469. The van der Waals surface area contributed by atoms with E-state index in [1.54, 1.807) is 18.3 Å². The molecule has 4 rings (SSSR count). The zero-order chi connectivity index (χ0) is 25.2. The van der Waals surface area contributed by atoms with Gasteiger partial charge in [-0.3, -0.25) is 0 Å². The van der Waals surface area contributed by atoms with Gasteiger partial charge in [-0.05, 0) is 48.8 Å². The number of methoxy groups -OCH3 is 1. The molecule has 35 heavy (non-hydrogen) atoms. The fourth-order valence-electron chi connectivity index (χ4n) is 4.99. The minimum atomic E-state index is -0.935. The van der Waals surface area contributed by atoms with E-state index in [2.05, 4.69) is 34.0 Å². The van der Waals surface area contributed by atoms with Gasteiger partial charge in [0.2, 0.25) is 5.88 Å². The van der Waals surface area contributed by atoms with Crippen molar-refractivity contribution in [1.82, 2.24) is 20.2 Å². The fourth-order valence-corrected chi connectivity index (χ4v) is 4.99. The summed E-state index contributed by atoms with van der Waals surface area (Å²) in [5.74, 6) is 0.305. The van der Waals surface area contributed by atoms with Crippen molar-refractivity contribution < 1.29 is 18.6 Å². The summed E-state index contributed by atoms with van der Waals surface area (Å²) >= 11 is 0. The second kappa shape index (κ2) is 10.1. The van der Waals surface area contributed by atoms with Gasteiger partial charge in [0.25, 0.3) is 0 Å². The summed E-state index contributed by atoms with van der Waals surface area (Å²) in [6, 6.07) is 5.86. The number of hydrogen-bond donors (Lipinski definition) is 1. The van der Waals surface area contributed by atoms with E-state index in [4.69, 9.17) is 4.74 Å². The number of pyridine rings is 1. The Kier molecular flexibility index (Phi) is 7.14. The van der Waals surface area contributed by atoms with Crippen LogP contribution in [0.4, 0.5) is 14.6 Å². The number of halogens is 2. The lowest BCUT2D eigenvalue weighted by molar-refractivity contribution is 0.102. The lowest BCUT2D eigenvalue weighted by Gasteiger charge is -2.43. The molecule has 3 aromatic rings. The summed E-state index contributed by atoms with van der Waals surface area (Å²) in [6.07, 6.45) is 6.00. The first-order valence-electron chi connectivity index (χ1n) is 11.8. The standard InChI is InChI=1S/C26H31F2N5O2/c1-5-9-26(2)10-8-19(27)21(13-26)33(3)23-15-30-25(32-31-23)17-7-6-16(11-22(17)34)18-12-24(35-4)29-14-20(18)28/h6-7,11-12,14-15,19,21,34H,5,8-10,13H2,1-4H3/t19-,21+,26+/m0/s1. The lowest BCUT2D eigenvalue weighted by atomic mass is 9.70. The summed E-state index contributed by atoms with van der Waals surface area (Å²) < 4.78 is 34.2. The molecule has 1 aromatic carbocycles. The van der Waals surface area contributed by atoms with E-state index < -0.39 is 12.0 Å². The molecule has 0 amide bonds. The van der Waals surface area contributed by atoms with Gasteiger partial charge in [-0.25, -0.2) is 18.7 Å². The highest BCUT2D eigenvalue weighted by molar-refractivity contribution is 5.73. The van der Waals surface area contributed by atoms with Crippen molar-refractivity contribution >= 4 is 5.82 Å². The van der Waals surface area contributed by atoms with Crippen molar-refractivity contribution in [3.63, 3.8) is 0 Å². The second-order valence-electron chi connectivity index (χ2n) is 9.58. The van der Waals surface area contributed by atoms with E-state index in [1.807, 2.05) is 11.9 Å². The number of alkyl halides is 1. The summed E-state index contributed by atoms with van der Waals surface area (Å²) in [5.41, 5.74) is 1.17. The predicted octanol–water partition coefficient (Wildman–Crippen LogP) is 5.59. The molecule has 1 fully saturated rings. The van der Waals surface area contributed by atoms with Crippen molar-refractivity contribution in [2.45, 2.75) is 58.2 Å². The maximum absolute atomic E-state index is 14.8. The first-order chi connectivity index (χ1) is 16.7. The molecule has 186 valence electrons. The molecule has 2 aromatic heterocycles. The first kappa shape index (κ1) is 24.8. The van der Waals surface area contributed by atoms with Gasteiger partial charge in [0.05, 0.1) is 31.1 Å². The Bertz CT molecular complexity index is 1180. The smallest absolute Gasteiger partial charge is 0.213 e. The van der Waals surface area contributed by atoms with E-state index in [-0.39, 0.29) is 34.5 Å². The Morgan fingerprint density at radius 2 is 1.97 bits per heavy atom. The first-order valence-corrected chi connectivity index (χ1v) is 11.8. The zero-order valence-corrected chi connectivity index (χ0v) is 20.5. The van der Waals surface area contributed by atoms with Crippen molar-refractivity contribution in [3.8, 4) is 34.1 Å². The number of aromatic nitrogens is 4. The number of aromatic hydroxyl groups is 1. The van der Waals surface area contributed by atoms with E-state index >= 15 is 0 Å². The average molecular weight is 484 g/mol. The van der Waals surface area contributed by atoms with Crippen LogP contribution in [0.1, 0.15) is 46.0 Å². The normalized spacial score (nSPS) is 22.1. The largest absolute Gasteiger partial charge is 0.507 e. The maximum atomic E-state index is 14.8. The Hall–Kier alpha value is -3.36. The van der Waals surface area contributed by atoms with Crippen LogP contribution in [0.5, 0.6) is 11.6 Å². The minimum absolute atomic E-state index is 0.114. The van der Waals surface area contributed by atoms with Crippen LogP contribution in [0, 0.1) is 11.2 Å². The molecule has 0 unspecified atom stereocenters. The van der Waals surface area contributed by atoms with E-state index in [1.165, 1.54) is 19.2 Å². The minimum Gasteiger partial charge on any atom is -0.507 e. The summed E-state index contributed by atoms with van der Waals surface area (Å²) in [5, 5.41) is 19.1. The third-order valence-electron chi connectivity index (χ3n) is 6.99. The van der Waals surface area contributed by atoms with E-state index in [0.29, 0.717) is 23.4 Å². The maximum Gasteiger partial charge on any atom is 0.213 e. The molecule has 0 aliphatic heterocycles. The second-order valence-corrected chi connectivity index (χ2v) is 9.58. The van der Waals surface area contributed by atoms with Gasteiger partial charge in [-0.15, -0.1) is 10.2 Å². The van der Waals surface area contributed by atoms with Gasteiger partial charge in [0, 0.05) is 18.7 Å². The number of anilines is 1. The Balaban J connectivity index is 1.55. The summed E-state index contributed by atoms with van der Waals surface area (Å²) in [6.45, 7) is 4.39. The molecule has 1 aliphatic rings. The lowest BCUT2D eigenvalue weighted by Crippen LogP contribution is -2.47. The molecular formula is C26H31F2N5O2. The van der Waals surface area contributed by atoms with Crippen LogP contribution in [0.25, 0.3) is 22.5 Å². The molecule has 0 radical (unpaired) electrons. The molecule has 1 saturated carbocycles. The van der Waals surface area contributed by atoms with Crippen LogP contribution < -0.4 is 9.64 Å². The number of benzene rings is 1.